The van der Waals surface area contributed by atoms with Crippen molar-refractivity contribution in [3.8, 4) is 0 Å². The van der Waals surface area contributed by atoms with Crippen molar-refractivity contribution in [2.75, 3.05) is 11.9 Å². The third-order valence-electron chi connectivity index (χ3n) is 3.91. The van der Waals surface area contributed by atoms with Crippen LogP contribution in [-0.4, -0.2) is 24.0 Å². The largest absolute Gasteiger partial charge is 0.409 e. The predicted octanol–water partition coefficient (Wildman–Crippen LogP) is 1.96. The van der Waals surface area contributed by atoms with Gasteiger partial charge in [-0.15, -0.1) is 0 Å². The highest BCUT2D eigenvalue weighted by Gasteiger charge is 2.47. The van der Waals surface area contributed by atoms with Gasteiger partial charge in [0.15, 0.2) is 5.84 Å². The second-order valence-electron chi connectivity index (χ2n) is 4.97. The molecule has 0 saturated heterocycles. The minimum Gasteiger partial charge on any atom is -0.409 e. The fourth-order valence-electron chi connectivity index (χ4n) is 2.74. The maximum Gasteiger partial charge on any atom is 0.240 e. The van der Waals surface area contributed by atoms with Gasteiger partial charge in [-0.2, -0.15) is 0 Å². The maximum atomic E-state index is 12.7. The van der Waals surface area contributed by atoms with Gasteiger partial charge in [-0.25, -0.2) is 0 Å². The molecule has 0 spiro atoms. The Labute approximate surface area is 112 Å². The summed E-state index contributed by atoms with van der Waals surface area (Å²) in [6.45, 7) is 0. The molecule has 0 unspecified atom stereocenters. The Kier molecular flexibility index (Phi) is 3.74. The molecule has 1 fully saturated rings. The van der Waals surface area contributed by atoms with Crippen LogP contribution in [0.3, 0.4) is 0 Å². The fourth-order valence-corrected chi connectivity index (χ4v) is 2.74. The summed E-state index contributed by atoms with van der Waals surface area (Å²) >= 11 is 0. The molecule has 1 aliphatic carbocycles. The number of benzene rings is 1. The molecular weight excluding hydrogens is 242 g/mol. The Morgan fingerprint density at radius 1 is 1.32 bits per heavy atom. The molecule has 5 nitrogen and oxygen atoms in total. The van der Waals surface area contributed by atoms with Gasteiger partial charge < -0.3 is 15.8 Å². The number of nitrogens with two attached hydrogens (primary N) is 1. The first-order valence-electron chi connectivity index (χ1n) is 6.43. The number of carbonyl (C=O) groups excluding carboxylic acids is 1. The van der Waals surface area contributed by atoms with E-state index in [0.717, 1.165) is 18.5 Å². The van der Waals surface area contributed by atoms with Crippen LogP contribution in [0, 0.1) is 5.41 Å². The minimum atomic E-state index is -0.848. The van der Waals surface area contributed by atoms with Crippen molar-refractivity contribution >= 4 is 17.4 Å². The summed E-state index contributed by atoms with van der Waals surface area (Å²) in [5.41, 5.74) is 5.74. The Bertz CT molecular complexity index is 479. The second kappa shape index (κ2) is 5.30. The third kappa shape index (κ3) is 2.28. The lowest BCUT2D eigenvalue weighted by atomic mass is 9.83. The first-order chi connectivity index (χ1) is 9.12. The molecule has 1 aromatic rings. The van der Waals surface area contributed by atoms with E-state index in [-0.39, 0.29) is 11.7 Å². The van der Waals surface area contributed by atoms with Crippen LogP contribution in [0.4, 0.5) is 5.69 Å². The highest BCUT2D eigenvalue weighted by atomic mass is 16.4. The van der Waals surface area contributed by atoms with Gasteiger partial charge in [0.1, 0.15) is 5.41 Å². The summed E-state index contributed by atoms with van der Waals surface area (Å²) < 4.78 is 0. The number of amides is 1. The smallest absolute Gasteiger partial charge is 0.240 e. The van der Waals surface area contributed by atoms with E-state index in [1.54, 1.807) is 11.9 Å². The van der Waals surface area contributed by atoms with Gasteiger partial charge in [-0.1, -0.05) is 36.2 Å². The van der Waals surface area contributed by atoms with Gasteiger partial charge in [-0.3, -0.25) is 4.79 Å². The number of hydrogen-bond donors (Lipinski definition) is 2. The molecule has 0 radical (unpaired) electrons. The normalized spacial score (nSPS) is 18.3. The van der Waals surface area contributed by atoms with E-state index in [9.17, 15) is 4.79 Å². The van der Waals surface area contributed by atoms with Gasteiger partial charge in [-0.05, 0) is 25.0 Å². The number of anilines is 1. The maximum absolute atomic E-state index is 12.7. The van der Waals surface area contributed by atoms with Crippen LogP contribution in [-0.2, 0) is 4.79 Å². The van der Waals surface area contributed by atoms with E-state index in [1.165, 1.54) is 0 Å². The highest BCUT2D eigenvalue weighted by molar-refractivity contribution is 6.12. The van der Waals surface area contributed by atoms with Crippen molar-refractivity contribution < 1.29 is 10.0 Å². The van der Waals surface area contributed by atoms with E-state index in [4.69, 9.17) is 10.9 Å². The lowest BCUT2D eigenvalue weighted by molar-refractivity contribution is -0.124. The predicted molar refractivity (Wildman–Crippen MR) is 74.2 cm³/mol. The van der Waals surface area contributed by atoms with Gasteiger partial charge in [0.25, 0.3) is 0 Å². The lowest BCUT2D eigenvalue weighted by Crippen LogP contribution is -2.49. The number of rotatable bonds is 3. The standard InChI is InChI=1S/C14H19N3O2/c1-17(11-7-3-2-4-8-11)13(18)14(12(15)16-19)9-5-6-10-14/h2-4,7-8,19H,5-6,9-10H2,1H3,(H2,15,16). The van der Waals surface area contributed by atoms with Gasteiger partial charge in [0.2, 0.25) is 5.91 Å². The monoisotopic (exact) mass is 261 g/mol. The van der Waals surface area contributed by atoms with Crippen LogP contribution in [0.25, 0.3) is 0 Å². The molecule has 1 amide bonds. The molecule has 19 heavy (non-hydrogen) atoms. The van der Waals surface area contributed by atoms with Crippen LogP contribution < -0.4 is 10.6 Å². The Hall–Kier alpha value is -2.04. The average Bonchev–Trinajstić information content (AvgIpc) is 2.96. The molecule has 0 bridgehead atoms. The minimum absolute atomic E-state index is 0.0257. The van der Waals surface area contributed by atoms with E-state index in [0.29, 0.717) is 12.8 Å². The molecule has 102 valence electrons. The number of hydrogen-bond acceptors (Lipinski definition) is 3. The third-order valence-corrected chi connectivity index (χ3v) is 3.91. The molecule has 2 rings (SSSR count). The number of nitrogens with zero attached hydrogens (tertiary/aromatic N) is 2. The van der Waals surface area contributed by atoms with Crippen LogP contribution in [0.5, 0.6) is 0 Å². The summed E-state index contributed by atoms with van der Waals surface area (Å²) in [6.07, 6.45) is 3.12. The number of para-hydroxylation sites is 1. The molecule has 0 aromatic heterocycles. The molecule has 5 heteroatoms. The van der Waals surface area contributed by atoms with E-state index < -0.39 is 5.41 Å². The van der Waals surface area contributed by atoms with Crippen LogP contribution >= 0.6 is 0 Å². The molecule has 1 aromatic carbocycles. The SMILES string of the molecule is CN(C(=O)C1(C(N)=NO)CCCC1)c1ccccc1. The van der Waals surface area contributed by atoms with Gasteiger partial charge in [0.05, 0.1) is 0 Å². The molecule has 0 atom stereocenters. The summed E-state index contributed by atoms with van der Waals surface area (Å²) in [4.78, 5) is 14.3. The summed E-state index contributed by atoms with van der Waals surface area (Å²) in [5.74, 6) is -0.0794. The number of amidine groups is 1. The van der Waals surface area contributed by atoms with E-state index in [2.05, 4.69) is 5.16 Å². The second-order valence-corrected chi connectivity index (χ2v) is 4.97. The Morgan fingerprint density at radius 2 is 1.89 bits per heavy atom. The van der Waals surface area contributed by atoms with Gasteiger partial charge in [0, 0.05) is 12.7 Å². The first kappa shape index (κ1) is 13.4. The molecule has 1 aliphatic rings. The van der Waals surface area contributed by atoms with Crippen molar-refractivity contribution in [1.29, 1.82) is 0 Å². The Balaban J connectivity index is 2.31. The Morgan fingerprint density at radius 3 is 2.42 bits per heavy atom. The lowest BCUT2D eigenvalue weighted by Gasteiger charge is -2.31. The zero-order valence-corrected chi connectivity index (χ0v) is 11.0. The summed E-state index contributed by atoms with van der Waals surface area (Å²) in [6, 6.07) is 9.39. The molecular formula is C14H19N3O2. The van der Waals surface area contributed by atoms with Crippen LogP contribution in [0.2, 0.25) is 0 Å². The van der Waals surface area contributed by atoms with Crippen molar-refractivity contribution in [3.05, 3.63) is 30.3 Å². The molecule has 1 saturated carbocycles. The van der Waals surface area contributed by atoms with Gasteiger partial charge >= 0.3 is 0 Å². The first-order valence-corrected chi connectivity index (χ1v) is 6.43. The fraction of sp³-hybridized carbons (Fsp3) is 0.429. The zero-order valence-electron chi connectivity index (χ0n) is 11.0. The van der Waals surface area contributed by atoms with E-state index >= 15 is 0 Å². The van der Waals surface area contributed by atoms with Crippen molar-refractivity contribution in [1.82, 2.24) is 0 Å². The zero-order chi connectivity index (χ0) is 13.9. The van der Waals surface area contributed by atoms with E-state index in [1.807, 2.05) is 30.3 Å². The van der Waals surface area contributed by atoms with Crippen molar-refractivity contribution in [2.45, 2.75) is 25.7 Å². The van der Waals surface area contributed by atoms with Crippen molar-refractivity contribution in [3.63, 3.8) is 0 Å². The number of oxime groups is 1. The quantitative estimate of drug-likeness (QED) is 0.378. The molecule has 3 N–H and O–H groups in total. The highest BCUT2D eigenvalue weighted by Crippen LogP contribution is 2.40. The summed E-state index contributed by atoms with van der Waals surface area (Å²) in [7, 11) is 1.72. The number of carbonyl (C=O) groups is 1. The van der Waals surface area contributed by atoms with Crippen molar-refractivity contribution in [2.24, 2.45) is 16.3 Å². The molecule has 0 aliphatic heterocycles. The summed E-state index contributed by atoms with van der Waals surface area (Å²) in [5, 5.41) is 12.0. The van der Waals surface area contributed by atoms with Crippen LogP contribution in [0.1, 0.15) is 25.7 Å². The average molecular weight is 261 g/mol. The topological polar surface area (TPSA) is 78.9 Å². The van der Waals surface area contributed by atoms with Crippen LogP contribution in [0.15, 0.2) is 35.5 Å². The molecule has 0 heterocycles.